The van der Waals surface area contributed by atoms with E-state index in [1.54, 1.807) is 58.0 Å². The number of ether oxygens (including phenoxy) is 2. The second kappa shape index (κ2) is 15.9. The lowest BCUT2D eigenvalue weighted by atomic mass is 10.1. The Bertz CT molecular complexity index is 1670. The number of aromatic nitrogens is 1. The van der Waals surface area contributed by atoms with Crippen molar-refractivity contribution in [3.63, 3.8) is 0 Å². The smallest absolute Gasteiger partial charge is 0.429 e. The van der Waals surface area contributed by atoms with Gasteiger partial charge in [0.15, 0.2) is 11.4 Å². The Morgan fingerprint density at radius 1 is 1.02 bits per heavy atom. The Balaban J connectivity index is 1.88. The van der Waals surface area contributed by atoms with Crippen molar-refractivity contribution in [1.82, 2.24) is 15.3 Å². The molecule has 3 amide bonds. The Morgan fingerprint density at radius 2 is 1.73 bits per heavy atom. The highest BCUT2D eigenvalue weighted by molar-refractivity contribution is 5.99. The van der Waals surface area contributed by atoms with Crippen molar-refractivity contribution < 1.29 is 37.7 Å². The largest absolute Gasteiger partial charge is 0.482 e. The molecule has 11 nitrogen and oxygen atoms in total. The molecule has 1 aromatic heterocycles. The monoisotopic (exact) mass is 668 g/mol. The number of amides is 3. The van der Waals surface area contributed by atoms with Gasteiger partial charge in [-0.2, -0.15) is 0 Å². The summed E-state index contributed by atoms with van der Waals surface area (Å²) in [6, 6.07) is 11.7. The molecule has 2 atom stereocenters. The number of halogens is 2. The average molecular weight is 669 g/mol. The predicted molar refractivity (Wildman–Crippen MR) is 174 cm³/mol. The van der Waals surface area contributed by atoms with E-state index >= 15 is 0 Å². The maximum absolute atomic E-state index is 14.4. The zero-order valence-electron chi connectivity index (χ0n) is 27.6. The van der Waals surface area contributed by atoms with E-state index in [1.165, 1.54) is 6.07 Å². The van der Waals surface area contributed by atoms with Crippen LogP contribution in [0, 0.1) is 23.5 Å². The fraction of sp³-hybridized carbons (Fsp3) is 0.429. The number of hydrogen-bond donors (Lipinski definition) is 3. The number of benzene rings is 2. The first-order valence-corrected chi connectivity index (χ1v) is 15.9. The van der Waals surface area contributed by atoms with E-state index in [0.29, 0.717) is 24.5 Å². The van der Waals surface area contributed by atoms with Crippen molar-refractivity contribution in [1.29, 1.82) is 0 Å². The van der Waals surface area contributed by atoms with E-state index in [4.69, 9.17) is 9.47 Å². The zero-order valence-corrected chi connectivity index (χ0v) is 27.6. The summed E-state index contributed by atoms with van der Waals surface area (Å²) in [5.74, 6) is -3.94. The molecule has 2 aromatic carbocycles. The van der Waals surface area contributed by atoms with Gasteiger partial charge in [-0.25, -0.2) is 23.3 Å². The lowest BCUT2D eigenvalue weighted by Gasteiger charge is -2.32. The third kappa shape index (κ3) is 9.18. The van der Waals surface area contributed by atoms with Crippen LogP contribution in [-0.4, -0.2) is 53.0 Å². The number of aliphatic hydroxyl groups excluding tert-OH is 1. The molecule has 1 aliphatic rings. The first kappa shape index (κ1) is 36.1. The van der Waals surface area contributed by atoms with Crippen LogP contribution in [0.5, 0.6) is 5.75 Å². The molecule has 3 aromatic rings. The first-order chi connectivity index (χ1) is 22.8. The van der Waals surface area contributed by atoms with Crippen LogP contribution >= 0.6 is 0 Å². The van der Waals surface area contributed by atoms with Crippen LogP contribution in [0.25, 0.3) is 0 Å². The second-order valence-corrected chi connectivity index (χ2v) is 12.7. The van der Waals surface area contributed by atoms with Gasteiger partial charge in [-0.3, -0.25) is 14.4 Å². The number of nitrogens with one attached hydrogen (secondary N) is 2. The Morgan fingerprint density at radius 3 is 2.35 bits per heavy atom. The van der Waals surface area contributed by atoms with Gasteiger partial charge in [0.25, 0.3) is 11.8 Å². The molecule has 1 aliphatic carbocycles. The summed E-state index contributed by atoms with van der Waals surface area (Å²) >= 11 is 0. The zero-order chi connectivity index (χ0) is 35.0. The summed E-state index contributed by atoms with van der Waals surface area (Å²) in [5.41, 5.74) is -2.08. The summed E-state index contributed by atoms with van der Waals surface area (Å²) in [6.07, 6.45) is 2.23. The molecule has 0 bridgehead atoms. The van der Waals surface area contributed by atoms with Crippen LogP contribution < -0.4 is 25.8 Å². The van der Waals surface area contributed by atoms with E-state index < -0.39 is 51.9 Å². The summed E-state index contributed by atoms with van der Waals surface area (Å²) < 4.78 is 40.7. The van der Waals surface area contributed by atoms with Crippen LogP contribution in [-0.2, 0) is 17.9 Å². The number of hydrogen-bond acceptors (Lipinski definition) is 7. The molecule has 0 radical (unpaired) electrons. The van der Waals surface area contributed by atoms with Crippen LogP contribution in [0.2, 0.25) is 0 Å². The molecule has 258 valence electrons. The molecule has 4 rings (SSSR count). The molecular weight excluding hydrogens is 626 g/mol. The fourth-order valence-electron chi connectivity index (χ4n) is 5.50. The lowest BCUT2D eigenvalue weighted by molar-refractivity contribution is 0.0526. The minimum absolute atomic E-state index is 0.0123. The van der Waals surface area contributed by atoms with Crippen molar-refractivity contribution in [2.75, 3.05) is 24.7 Å². The fourth-order valence-corrected chi connectivity index (χ4v) is 5.50. The number of rotatable bonds is 12. The third-order valence-corrected chi connectivity index (χ3v) is 7.83. The van der Waals surface area contributed by atoms with Gasteiger partial charge in [-0.15, -0.1) is 0 Å². The van der Waals surface area contributed by atoms with Gasteiger partial charge in [0, 0.05) is 44.1 Å². The van der Waals surface area contributed by atoms with Gasteiger partial charge in [0.2, 0.25) is 5.43 Å². The normalized spacial score (nSPS) is 15.9. The summed E-state index contributed by atoms with van der Waals surface area (Å²) in [6.45, 7) is 6.37. The highest BCUT2D eigenvalue weighted by atomic mass is 19.1. The number of carbonyl (C=O) groups is 3. The van der Waals surface area contributed by atoms with Crippen molar-refractivity contribution in [3.05, 3.63) is 99.0 Å². The summed E-state index contributed by atoms with van der Waals surface area (Å²) in [7, 11) is 0. The van der Waals surface area contributed by atoms with Crippen LogP contribution in [0.1, 0.15) is 78.9 Å². The minimum atomic E-state index is -0.949. The molecule has 13 heteroatoms. The number of pyridine rings is 1. The molecule has 0 unspecified atom stereocenters. The van der Waals surface area contributed by atoms with Gasteiger partial charge in [-0.1, -0.05) is 36.4 Å². The SMILES string of the molecule is CCNC(=O)c1c(OCc2ccccc2)c(=O)c(C(=O)NCc2ccc(F)cc2F)cn1N(C[C@H]1CC[C@@H](CO)C1)C(=O)OC(C)(C)C. The Labute approximate surface area is 277 Å². The molecule has 0 saturated heterocycles. The first-order valence-electron chi connectivity index (χ1n) is 15.9. The van der Waals surface area contributed by atoms with Gasteiger partial charge < -0.3 is 25.2 Å². The number of carbonyl (C=O) groups excluding carboxylic acids is 3. The molecule has 0 spiro atoms. The number of aliphatic hydroxyl groups is 1. The Kier molecular flexibility index (Phi) is 11.9. The Hall–Kier alpha value is -4.78. The summed E-state index contributed by atoms with van der Waals surface area (Å²) in [5, 5.41) is 16.1. The number of nitrogens with zero attached hydrogens (tertiary/aromatic N) is 2. The maximum atomic E-state index is 14.4. The quantitative estimate of drug-likeness (QED) is 0.255. The van der Waals surface area contributed by atoms with E-state index in [1.807, 2.05) is 0 Å². The van der Waals surface area contributed by atoms with Crippen molar-refractivity contribution >= 4 is 17.9 Å². The van der Waals surface area contributed by atoms with Gasteiger partial charge in [0.05, 0.1) is 0 Å². The van der Waals surface area contributed by atoms with Crippen LogP contribution in [0.15, 0.2) is 59.5 Å². The molecule has 1 saturated carbocycles. The molecule has 1 fully saturated rings. The highest BCUT2D eigenvalue weighted by Gasteiger charge is 2.35. The maximum Gasteiger partial charge on any atom is 0.429 e. The van der Waals surface area contributed by atoms with E-state index in [2.05, 4.69) is 10.6 Å². The molecule has 0 aliphatic heterocycles. The van der Waals surface area contributed by atoms with E-state index in [0.717, 1.165) is 28.4 Å². The van der Waals surface area contributed by atoms with Gasteiger partial charge in [0.1, 0.15) is 29.4 Å². The van der Waals surface area contributed by atoms with E-state index in [-0.39, 0.29) is 55.9 Å². The average Bonchev–Trinajstić information content (AvgIpc) is 3.50. The van der Waals surface area contributed by atoms with E-state index in [9.17, 15) is 33.1 Å². The lowest BCUT2D eigenvalue weighted by Crippen LogP contribution is -2.49. The van der Waals surface area contributed by atoms with Crippen molar-refractivity contribution in [2.24, 2.45) is 11.8 Å². The molecule has 1 heterocycles. The third-order valence-electron chi connectivity index (χ3n) is 7.83. The van der Waals surface area contributed by atoms with Gasteiger partial charge in [-0.05, 0) is 70.4 Å². The standard InChI is InChI=1S/C35H42F2N4O7/c1-5-38-33(45)29-31(47-21-22-9-7-6-8-10-22)30(43)27(32(44)39-17-25-13-14-26(36)16-28(25)37)19-40(29)41(34(46)48-35(2,3)4)18-23-11-12-24(15-23)20-42/h6-10,13-14,16,19,23-24,42H,5,11-12,15,17-18,20-21H2,1-4H3,(H,38,45)(H,39,44)/t23-,24+/m0/s1. The second-order valence-electron chi connectivity index (χ2n) is 12.7. The molecular formula is C35H42F2N4O7. The van der Waals surface area contributed by atoms with Crippen molar-refractivity contribution in [2.45, 2.75) is 65.7 Å². The summed E-state index contributed by atoms with van der Waals surface area (Å²) in [4.78, 5) is 55.2. The van der Waals surface area contributed by atoms with Crippen LogP contribution in [0.4, 0.5) is 13.6 Å². The highest BCUT2D eigenvalue weighted by Crippen LogP contribution is 2.32. The minimum Gasteiger partial charge on any atom is -0.482 e. The van der Waals surface area contributed by atoms with Crippen LogP contribution in [0.3, 0.4) is 0 Å². The van der Waals surface area contributed by atoms with Crippen molar-refractivity contribution in [3.8, 4) is 5.75 Å². The topological polar surface area (TPSA) is 139 Å². The molecule has 48 heavy (non-hydrogen) atoms. The molecule has 3 N–H and O–H groups in total. The predicted octanol–water partition coefficient (Wildman–Crippen LogP) is 4.67. The van der Waals surface area contributed by atoms with Gasteiger partial charge >= 0.3 is 6.09 Å².